The molecule has 8 heteroatoms. The van der Waals surface area contributed by atoms with Gasteiger partial charge in [-0.2, -0.15) is 17.4 Å². The van der Waals surface area contributed by atoms with Gasteiger partial charge in [0.2, 0.25) is 0 Å². The summed E-state index contributed by atoms with van der Waals surface area (Å²) in [5, 5.41) is 8.33. The highest BCUT2D eigenvalue weighted by Gasteiger charge is 2.19. The Morgan fingerprint density at radius 3 is 2.28 bits per heavy atom. The fourth-order valence-corrected chi connectivity index (χ4v) is 2.71. The Labute approximate surface area is 108 Å². The molecule has 0 heterocycles. The molecule has 0 radical (unpaired) electrons. The summed E-state index contributed by atoms with van der Waals surface area (Å²) in [7, 11) is -3.49. The third-order valence-electron chi connectivity index (χ3n) is 2.04. The zero-order chi connectivity index (χ0) is 14.0. The summed E-state index contributed by atoms with van der Waals surface area (Å²) in [5.74, 6) is -1.07. The number of ether oxygens (including phenoxy) is 1. The highest BCUT2D eigenvalue weighted by atomic mass is 32.2. The van der Waals surface area contributed by atoms with Gasteiger partial charge in [0.25, 0.3) is 10.2 Å². The molecule has 0 fully saturated rings. The smallest absolute Gasteiger partial charge is 0.329 e. The number of nitrogens with zero attached hydrogens (tertiary/aromatic N) is 1. The van der Waals surface area contributed by atoms with Gasteiger partial charge < -0.3 is 9.84 Å². The Kier molecular flexibility index (Phi) is 8.90. The summed E-state index contributed by atoms with van der Waals surface area (Å²) in [4.78, 5) is 10.2. The number of aliphatic carboxylic acids is 1. The molecule has 0 aliphatic carbocycles. The van der Waals surface area contributed by atoms with Crippen LogP contribution in [-0.2, 0) is 19.7 Å². The molecule has 0 bridgehead atoms. The second kappa shape index (κ2) is 9.26. The molecule has 7 nitrogen and oxygen atoms in total. The van der Waals surface area contributed by atoms with E-state index in [1.54, 1.807) is 0 Å². The molecule has 0 aromatic rings. The highest BCUT2D eigenvalue weighted by molar-refractivity contribution is 7.87. The maximum absolute atomic E-state index is 11.9. The monoisotopic (exact) mass is 282 g/mol. The largest absolute Gasteiger partial charge is 0.480 e. The van der Waals surface area contributed by atoms with Crippen molar-refractivity contribution in [2.45, 2.75) is 26.7 Å². The van der Waals surface area contributed by atoms with E-state index in [1.165, 1.54) is 4.31 Å². The van der Waals surface area contributed by atoms with E-state index in [9.17, 15) is 13.2 Å². The summed E-state index contributed by atoms with van der Waals surface area (Å²) in [6.07, 6.45) is 1.49. The van der Waals surface area contributed by atoms with Crippen LogP contribution >= 0.6 is 0 Å². The normalized spacial score (nSPS) is 11.9. The van der Waals surface area contributed by atoms with E-state index in [4.69, 9.17) is 9.84 Å². The van der Waals surface area contributed by atoms with Crippen LogP contribution in [-0.4, -0.2) is 56.6 Å². The standard InChI is InChI=1S/C10H22N2O5S/c1-3-6-12(7-4-2)18(15,16)11-5-8-17-9-10(13)14/h11H,3-9H2,1-2H3,(H,13,14). The van der Waals surface area contributed by atoms with Gasteiger partial charge in [-0.1, -0.05) is 13.8 Å². The summed E-state index contributed by atoms with van der Waals surface area (Å²) in [6, 6.07) is 0. The van der Waals surface area contributed by atoms with Crippen LogP contribution in [0, 0.1) is 0 Å². The van der Waals surface area contributed by atoms with Crippen molar-refractivity contribution in [2.75, 3.05) is 32.8 Å². The van der Waals surface area contributed by atoms with Crippen molar-refractivity contribution in [3.05, 3.63) is 0 Å². The van der Waals surface area contributed by atoms with Gasteiger partial charge in [-0.15, -0.1) is 0 Å². The van der Waals surface area contributed by atoms with Crippen LogP contribution in [0.15, 0.2) is 0 Å². The lowest BCUT2D eigenvalue weighted by atomic mass is 10.4. The topological polar surface area (TPSA) is 95.9 Å². The minimum atomic E-state index is -3.49. The minimum Gasteiger partial charge on any atom is -0.480 e. The first kappa shape index (κ1) is 17.3. The van der Waals surface area contributed by atoms with E-state index < -0.39 is 22.8 Å². The van der Waals surface area contributed by atoms with E-state index in [0.717, 1.165) is 12.8 Å². The van der Waals surface area contributed by atoms with Crippen LogP contribution in [0.3, 0.4) is 0 Å². The van der Waals surface area contributed by atoms with Crippen LogP contribution < -0.4 is 4.72 Å². The van der Waals surface area contributed by atoms with Gasteiger partial charge in [-0.25, -0.2) is 4.79 Å². The first-order chi connectivity index (χ1) is 8.44. The van der Waals surface area contributed by atoms with Gasteiger partial charge in [0, 0.05) is 19.6 Å². The van der Waals surface area contributed by atoms with Gasteiger partial charge in [-0.3, -0.25) is 0 Å². The summed E-state index contributed by atoms with van der Waals surface area (Å²) in [5.41, 5.74) is 0. The number of carboxylic acids is 1. The van der Waals surface area contributed by atoms with E-state index in [0.29, 0.717) is 13.1 Å². The second-order valence-corrected chi connectivity index (χ2v) is 5.50. The number of hydrogen-bond donors (Lipinski definition) is 2. The van der Waals surface area contributed by atoms with Crippen molar-refractivity contribution < 1.29 is 23.1 Å². The maximum Gasteiger partial charge on any atom is 0.329 e. The lowest BCUT2D eigenvalue weighted by Crippen LogP contribution is -2.42. The van der Waals surface area contributed by atoms with Crippen LogP contribution in [0.1, 0.15) is 26.7 Å². The average molecular weight is 282 g/mol. The van der Waals surface area contributed by atoms with Gasteiger partial charge in [0.05, 0.1) is 6.61 Å². The van der Waals surface area contributed by atoms with Crippen molar-refractivity contribution >= 4 is 16.2 Å². The Hall–Kier alpha value is -0.700. The first-order valence-electron chi connectivity index (χ1n) is 5.98. The van der Waals surface area contributed by atoms with Crippen molar-refractivity contribution in [2.24, 2.45) is 0 Å². The van der Waals surface area contributed by atoms with Crippen LogP contribution in [0.5, 0.6) is 0 Å². The van der Waals surface area contributed by atoms with Gasteiger partial charge in [0.1, 0.15) is 6.61 Å². The first-order valence-corrected chi connectivity index (χ1v) is 7.42. The Balaban J connectivity index is 4.06. The van der Waals surface area contributed by atoms with Crippen molar-refractivity contribution in [3.8, 4) is 0 Å². The third-order valence-corrected chi connectivity index (χ3v) is 3.66. The van der Waals surface area contributed by atoms with Crippen LogP contribution in [0.4, 0.5) is 0 Å². The molecule has 2 N–H and O–H groups in total. The number of rotatable bonds is 11. The Bertz CT molecular complexity index is 325. The van der Waals surface area contributed by atoms with E-state index >= 15 is 0 Å². The molecule has 0 amide bonds. The molecular weight excluding hydrogens is 260 g/mol. The third kappa shape index (κ3) is 7.59. The molecule has 0 aromatic carbocycles. The molecule has 0 spiro atoms. The maximum atomic E-state index is 11.9. The molecule has 0 rings (SSSR count). The van der Waals surface area contributed by atoms with Crippen LogP contribution in [0.25, 0.3) is 0 Å². The Morgan fingerprint density at radius 1 is 1.28 bits per heavy atom. The average Bonchev–Trinajstić information content (AvgIpc) is 2.27. The molecular formula is C10H22N2O5S. The molecule has 0 unspecified atom stereocenters. The molecule has 0 aliphatic rings. The van der Waals surface area contributed by atoms with Gasteiger partial charge in [0.15, 0.2) is 0 Å². The fraction of sp³-hybridized carbons (Fsp3) is 0.900. The minimum absolute atomic E-state index is 0.0393. The number of hydrogen-bond acceptors (Lipinski definition) is 4. The van der Waals surface area contributed by atoms with E-state index in [1.807, 2.05) is 13.8 Å². The predicted octanol–water partition coefficient (Wildman–Crippen LogP) is 0.0440. The zero-order valence-electron chi connectivity index (χ0n) is 10.9. The predicted molar refractivity (Wildman–Crippen MR) is 67.5 cm³/mol. The Morgan fingerprint density at radius 2 is 1.83 bits per heavy atom. The van der Waals surface area contributed by atoms with Gasteiger partial charge >= 0.3 is 5.97 Å². The number of nitrogens with one attached hydrogen (secondary N) is 1. The van der Waals surface area contributed by atoms with E-state index in [-0.39, 0.29) is 13.2 Å². The van der Waals surface area contributed by atoms with Crippen molar-refractivity contribution in [1.82, 2.24) is 9.03 Å². The quantitative estimate of drug-likeness (QED) is 0.522. The summed E-state index contributed by atoms with van der Waals surface area (Å²) in [6.45, 7) is 4.45. The lowest BCUT2D eigenvalue weighted by Gasteiger charge is -2.21. The van der Waals surface area contributed by atoms with Crippen LogP contribution in [0.2, 0.25) is 0 Å². The zero-order valence-corrected chi connectivity index (χ0v) is 11.7. The second-order valence-electron chi connectivity index (χ2n) is 3.74. The highest BCUT2D eigenvalue weighted by Crippen LogP contribution is 2.00. The van der Waals surface area contributed by atoms with E-state index in [2.05, 4.69) is 4.72 Å². The SMILES string of the molecule is CCCN(CCC)S(=O)(=O)NCCOCC(=O)O. The molecule has 18 heavy (non-hydrogen) atoms. The van der Waals surface area contributed by atoms with Crippen molar-refractivity contribution in [3.63, 3.8) is 0 Å². The lowest BCUT2D eigenvalue weighted by molar-refractivity contribution is -0.142. The molecule has 108 valence electrons. The summed E-state index contributed by atoms with van der Waals surface area (Å²) < 4.78 is 32.2. The number of carbonyl (C=O) groups is 1. The fourth-order valence-electron chi connectivity index (χ4n) is 1.34. The molecule has 0 aromatic heterocycles. The number of carboxylic acid groups (broad SMARTS) is 1. The van der Waals surface area contributed by atoms with Gasteiger partial charge in [-0.05, 0) is 12.8 Å². The molecule has 0 saturated carbocycles. The molecule has 0 aliphatic heterocycles. The van der Waals surface area contributed by atoms with Crippen molar-refractivity contribution in [1.29, 1.82) is 0 Å². The molecule has 0 atom stereocenters. The summed E-state index contributed by atoms with van der Waals surface area (Å²) >= 11 is 0. The molecule has 0 saturated heterocycles.